The Balaban J connectivity index is 2.52. The molecule has 0 unspecified atom stereocenters. The number of nitrogens with zero attached hydrogens (tertiary/aromatic N) is 1. The average Bonchev–Trinajstić information content (AvgIpc) is 2.35. The predicted molar refractivity (Wildman–Crippen MR) is 66.6 cm³/mol. The molecular formula is C12H17N3O. The van der Waals surface area contributed by atoms with Crippen molar-refractivity contribution in [1.29, 1.82) is 0 Å². The van der Waals surface area contributed by atoms with Crippen molar-refractivity contribution in [3.05, 3.63) is 18.2 Å². The number of hydrogen-bond donors (Lipinski definition) is 2. The molecule has 1 heterocycles. The molecular weight excluding hydrogens is 202 g/mol. The number of carbonyl (C=O) groups is 1. The Bertz CT molecular complexity index is 415. The largest absolute Gasteiger partial charge is 0.399 e. The van der Waals surface area contributed by atoms with Crippen LogP contribution >= 0.6 is 0 Å². The Hall–Kier alpha value is -1.71. The van der Waals surface area contributed by atoms with Gasteiger partial charge in [0.1, 0.15) is 0 Å². The van der Waals surface area contributed by atoms with Crippen LogP contribution in [0.3, 0.4) is 0 Å². The van der Waals surface area contributed by atoms with Gasteiger partial charge in [-0.2, -0.15) is 0 Å². The lowest BCUT2D eigenvalue weighted by Gasteiger charge is -2.26. The zero-order valence-corrected chi connectivity index (χ0v) is 9.66. The van der Waals surface area contributed by atoms with Crippen LogP contribution in [0.5, 0.6) is 0 Å². The van der Waals surface area contributed by atoms with Gasteiger partial charge in [0.25, 0.3) is 0 Å². The summed E-state index contributed by atoms with van der Waals surface area (Å²) in [6.07, 6.45) is 0.521. The van der Waals surface area contributed by atoms with Gasteiger partial charge in [-0.25, -0.2) is 0 Å². The lowest BCUT2D eigenvalue weighted by Crippen LogP contribution is -2.36. The number of carbonyl (C=O) groups excluding carboxylic acids is 1. The fraction of sp³-hybridized carbons (Fsp3) is 0.417. The van der Waals surface area contributed by atoms with Gasteiger partial charge in [0.2, 0.25) is 5.91 Å². The number of nitrogen functional groups attached to an aromatic ring is 1. The van der Waals surface area contributed by atoms with Crippen LogP contribution in [0, 0.1) is 0 Å². The van der Waals surface area contributed by atoms with Gasteiger partial charge in [-0.05, 0) is 32.0 Å². The fourth-order valence-electron chi connectivity index (χ4n) is 2.02. The van der Waals surface area contributed by atoms with Gasteiger partial charge < -0.3 is 16.0 Å². The number of anilines is 3. The highest BCUT2D eigenvalue weighted by molar-refractivity contribution is 5.99. The van der Waals surface area contributed by atoms with Crippen molar-refractivity contribution in [2.75, 3.05) is 22.5 Å². The van der Waals surface area contributed by atoms with E-state index in [9.17, 15) is 4.79 Å². The predicted octanol–water partition coefficient (Wildman–Crippen LogP) is 1.83. The monoisotopic (exact) mass is 219 g/mol. The second kappa shape index (κ2) is 4.04. The number of nitrogens with one attached hydrogen (secondary N) is 1. The quantitative estimate of drug-likeness (QED) is 0.708. The van der Waals surface area contributed by atoms with Crippen LogP contribution in [0.4, 0.5) is 17.1 Å². The first kappa shape index (κ1) is 10.8. The molecule has 0 radical (unpaired) electrons. The van der Waals surface area contributed by atoms with Crippen molar-refractivity contribution in [3.63, 3.8) is 0 Å². The van der Waals surface area contributed by atoms with Crippen molar-refractivity contribution in [2.45, 2.75) is 26.3 Å². The fourth-order valence-corrected chi connectivity index (χ4v) is 2.02. The Morgan fingerprint density at radius 2 is 2.19 bits per heavy atom. The molecule has 2 rings (SSSR count). The van der Waals surface area contributed by atoms with Gasteiger partial charge >= 0.3 is 0 Å². The smallest absolute Gasteiger partial charge is 0.229 e. The third-order valence-corrected chi connectivity index (χ3v) is 2.72. The summed E-state index contributed by atoms with van der Waals surface area (Å²) < 4.78 is 0. The standard InChI is InChI=1S/C12H17N3O/c1-8(2)15-11-7-9(13)3-4-10(11)14-6-5-12(15)16/h3-4,7-8,14H,5-6,13H2,1-2H3. The summed E-state index contributed by atoms with van der Waals surface area (Å²) >= 11 is 0. The van der Waals surface area contributed by atoms with E-state index in [-0.39, 0.29) is 11.9 Å². The van der Waals surface area contributed by atoms with Crippen LogP contribution in [0.2, 0.25) is 0 Å². The zero-order valence-electron chi connectivity index (χ0n) is 9.66. The number of amides is 1. The molecule has 4 heteroatoms. The second-order valence-corrected chi connectivity index (χ2v) is 4.31. The molecule has 1 aromatic carbocycles. The van der Waals surface area contributed by atoms with Gasteiger partial charge in [0, 0.05) is 24.7 Å². The Kier molecular flexibility index (Phi) is 2.73. The van der Waals surface area contributed by atoms with Crippen molar-refractivity contribution >= 4 is 23.0 Å². The van der Waals surface area contributed by atoms with Crippen LogP contribution in [-0.2, 0) is 4.79 Å². The molecule has 0 aromatic heterocycles. The van der Waals surface area contributed by atoms with Gasteiger partial charge in [-0.3, -0.25) is 4.79 Å². The van der Waals surface area contributed by atoms with Crippen LogP contribution in [-0.4, -0.2) is 18.5 Å². The number of rotatable bonds is 1. The van der Waals surface area contributed by atoms with Gasteiger partial charge in [0.15, 0.2) is 0 Å². The molecule has 0 saturated heterocycles. The van der Waals surface area contributed by atoms with Crippen LogP contribution in [0.1, 0.15) is 20.3 Å². The molecule has 3 N–H and O–H groups in total. The molecule has 1 aromatic rings. The number of benzene rings is 1. The molecule has 0 aliphatic carbocycles. The molecule has 4 nitrogen and oxygen atoms in total. The number of nitrogens with two attached hydrogens (primary N) is 1. The molecule has 16 heavy (non-hydrogen) atoms. The van der Waals surface area contributed by atoms with Gasteiger partial charge in [-0.15, -0.1) is 0 Å². The summed E-state index contributed by atoms with van der Waals surface area (Å²) in [6.45, 7) is 4.70. The minimum absolute atomic E-state index is 0.145. The van der Waals surface area contributed by atoms with E-state index < -0.39 is 0 Å². The average molecular weight is 219 g/mol. The van der Waals surface area contributed by atoms with Crippen molar-refractivity contribution in [2.24, 2.45) is 0 Å². The third-order valence-electron chi connectivity index (χ3n) is 2.72. The third kappa shape index (κ3) is 1.83. The maximum atomic E-state index is 12.0. The molecule has 0 saturated carbocycles. The highest BCUT2D eigenvalue weighted by atomic mass is 16.2. The lowest BCUT2D eigenvalue weighted by molar-refractivity contribution is -0.118. The SMILES string of the molecule is CC(C)N1C(=O)CCNc2ccc(N)cc21. The summed E-state index contributed by atoms with van der Waals surface area (Å²) in [4.78, 5) is 13.8. The highest BCUT2D eigenvalue weighted by Gasteiger charge is 2.24. The van der Waals surface area contributed by atoms with E-state index in [4.69, 9.17) is 5.73 Å². The summed E-state index contributed by atoms with van der Waals surface area (Å²) in [7, 11) is 0. The highest BCUT2D eigenvalue weighted by Crippen LogP contribution is 2.32. The maximum Gasteiger partial charge on any atom is 0.229 e. The van der Waals surface area contributed by atoms with E-state index in [1.165, 1.54) is 0 Å². The van der Waals surface area contributed by atoms with E-state index in [2.05, 4.69) is 5.32 Å². The molecule has 86 valence electrons. The van der Waals surface area contributed by atoms with Gasteiger partial charge in [0.05, 0.1) is 11.4 Å². The first-order valence-corrected chi connectivity index (χ1v) is 5.55. The van der Waals surface area contributed by atoms with E-state index in [0.29, 0.717) is 18.7 Å². The summed E-state index contributed by atoms with van der Waals surface area (Å²) in [6, 6.07) is 5.78. The van der Waals surface area contributed by atoms with Crippen LogP contribution in [0.25, 0.3) is 0 Å². The van der Waals surface area contributed by atoms with Crippen molar-refractivity contribution in [3.8, 4) is 0 Å². The Morgan fingerprint density at radius 1 is 1.44 bits per heavy atom. The summed E-state index contributed by atoms with van der Waals surface area (Å²) in [5, 5.41) is 3.25. The maximum absolute atomic E-state index is 12.0. The number of hydrogen-bond acceptors (Lipinski definition) is 3. The molecule has 0 fully saturated rings. The van der Waals surface area contributed by atoms with Crippen molar-refractivity contribution in [1.82, 2.24) is 0 Å². The van der Waals surface area contributed by atoms with Crippen molar-refractivity contribution < 1.29 is 4.79 Å². The second-order valence-electron chi connectivity index (χ2n) is 4.31. The molecule has 0 spiro atoms. The first-order valence-electron chi connectivity index (χ1n) is 5.55. The molecule has 1 amide bonds. The van der Waals surface area contributed by atoms with Crippen LogP contribution < -0.4 is 16.0 Å². The normalized spacial score (nSPS) is 15.7. The van der Waals surface area contributed by atoms with E-state index in [0.717, 1.165) is 11.4 Å². The first-order chi connectivity index (χ1) is 7.59. The number of fused-ring (bicyclic) bond motifs is 1. The molecule has 0 atom stereocenters. The minimum Gasteiger partial charge on any atom is -0.399 e. The summed E-state index contributed by atoms with van der Waals surface area (Å²) in [5.41, 5.74) is 8.32. The van der Waals surface area contributed by atoms with Crippen LogP contribution in [0.15, 0.2) is 18.2 Å². The van der Waals surface area contributed by atoms with E-state index in [1.54, 1.807) is 0 Å². The zero-order chi connectivity index (χ0) is 11.7. The molecule has 1 aliphatic rings. The summed E-state index contributed by atoms with van der Waals surface area (Å²) in [5.74, 6) is 0.145. The topological polar surface area (TPSA) is 58.4 Å². The van der Waals surface area contributed by atoms with E-state index >= 15 is 0 Å². The van der Waals surface area contributed by atoms with E-state index in [1.807, 2.05) is 36.9 Å². The molecule has 1 aliphatic heterocycles. The Labute approximate surface area is 95.4 Å². The molecule has 0 bridgehead atoms. The Morgan fingerprint density at radius 3 is 2.88 bits per heavy atom. The lowest BCUT2D eigenvalue weighted by atomic mass is 10.2. The minimum atomic E-state index is 0.145. The van der Waals surface area contributed by atoms with Gasteiger partial charge in [-0.1, -0.05) is 0 Å².